The van der Waals surface area contributed by atoms with Crippen LogP contribution in [-0.2, 0) is 19.9 Å². The van der Waals surface area contributed by atoms with Gasteiger partial charge in [-0.05, 0) is 16.7 Å². The molecule has 3 rings (SSSR count). The molecule has 0 heterocycles. The largest absolute Gasteiger partial charge is 0.454 e. The number of methoxy groups -OCH3 is 1. The van der Waals surface area contributed by atoms with E-state index in [1.807, 2.05) is 91.0 Å². The van der Waals surface area contributed by atoms with Gasteiger partial charge >= 0.3 is 5.97 Å². The van der Waals surface area contributed by atoms with Gasteiger partial charge in [0.25, 0.3) is 0 Å². The zero-order valence-electron chi connectivity index (χ0n) is 15.0. The van der Waals surface area contributed by atoms with Gasteiger partial charge in [-0.25, -0.2) is 0 Å². The maximum atomic E-state index is 12.0. The Bertz CT molecular complexity index is 790. The van der Waals surface area contributed by atoms with Crippen molar-refractivity contribution in [2.24, 2.45) is 0 Å². The third-order valence-corrected chi connectivity index (χ3v) is 4.48. The summed E-state index contributed by atoms with van der Waals surface area (Å²) in [5.74, 6) is -0.354. The molecule has 3 nitrogen and oxygen atoms in total. The van der Waals surface area contributed by atoms with Crippen LogP contribution in [0.3, 0.4) is 0 Å². The van der Waals surface area contributed by atoms with Crippen LogP contribution < -0.4 is 0 Å². The van der Waals surface area contributed by atoms with Crippen molar-refractivity contribution in [3.05, 3.63) is 108 Å². The highest BCUT2D eigenvalue weighted by Crippen LogP contribution is 2.46. The van der Waals surface area contributed by atoms with E-state index in [4.69, 9.17) is 9.47 Å². The molecule has 1 atom stereocenters. The van der Waals surface area contributed by atoms with Crippen molar-refractivity contribution in [1.29, 1.82) is 0 Å². The van der Waals surface area contributed by atoms with E-state index in [9.17, 15) is 4.79 Å². The predicted molar refractivity (Wildman–Crippen MR) is 102 cm³/mol. The summed E-state index contributed by atoms with van der Waals surface area (Å²) in [5, 5.41) is 0. The van der Waals surface area contributed by atoms with Gasteiger partial charge in [-0.1, -0.05) is 91.0 Å². The number of hydrogen-bond acceptors (Lipinski definition) is 3. The van der Waals surface area contributed by atoms with E-state index in [-0.39, 0.29) is 5.97 Å². The maximum absolute atomic E-state index is 12.0. The van der Waals surface area contributed by atoms with E-state index in [0.717, 1.165) is 16.7 Å². The summed E-state index contributed by atoms with van der Waals surface area (Å²) in [5.41, 5.74) is 1.75. The average Bonchev–Trinajstić information content (AvgIpc) is 2.70. The van der Waals surface area contributed by atoms with E-state index in [1.165, 1.54) is 6.92 Å². The molecule has 132 valence electrons. The second-order valence-electron chi connectivity index (χ2n) is 6.07. The molecule has 3 heteroatoms. The zero-order valence-corrected chi connectivity index (χ0v) is 15.0. The summed E-state index contributed by atoms with van der Waals surface area (Å²) in [6.07, 6.45) is -0.629. The van der Waals surface area contributed by atoms with Crippen LogP contribution in [0.15, 0.2) is 91.0 Å². The lowest BCUT2D eigenvalue weighted by Crippen LogP contribution is -2.39. The Hall–Kier alpha value is -2.91. The molecule has 26 heavy (non-hydrogen) atoms. The Labute approximate surface area is 154 Å². The number of hydrogen-bond donors (Lipinski definition) is 0. The van der Waals surface area contributed by atoms with Crippen LogP contribution in [0, 0.1) is 0 Å². The third-order valence-electron chi connectivity index (χ3n) is 4.48. The Balaban J connectivity index is 2.28. The van der Waals surface area contributed by atoms with Crippen molar-refractivity contribution < 1.29 is 14.3 Å². The van der Waals surface area contributed by atoms with Crippen LogP contribution in [0.4, 0.5) is 0 Å². The lowest BCUT2D eigenvalue weighted by atomic mass is 9.78. The molecule has 1 unspecified atom stereocenters. The van der Waals surface area contributed by atoms with Crippen LogP contribution in [0.2, 0.25) is 0 Å². The first kappa shape index (κ1) is 17.9. The van der Waals surface area contributed by atoms with Gasteiger partial charge in [0.05, 0.1) is 0 Å². The van der Waals surface area contributed by atoms with Gasteiger partial charge in [0, 0.05) is 14.0 Å². The summed E-state index contributed by atoms with van der Waals surface area (Å²) in [4.78, 5) is 12.0. The molecule has 0 saturated heterocycles. The molecule has 0 amide bonds. The Morgan fingerprint density at radius 3 is 1.58 bits per heavy atom. The smallest absolute Gasteiger partial charge is 0.303 e. The van der Waals surface area contributed by atoms with Gasteiger partial charge in [0.2, 0.25) is 0 Å². The summed E-state index contributed by atoms with van der Waals surface area (Å²) in [6.45, 7) is 1.42. The fourth-order valence-corrected chi connectivity index (χ4v) is 3.36. The molecule has 0 fully saturated rings. The number of ether oxygens (including phenoxy) is 2. The lowest BCUT2D eigenvalue weighted by Gasteiger charge is -2.40. The van der Waals surface area contributed by atoms with E-state index in [2.05, 4.69) is 0 Å². The molecule has 0 aromatic heterocycles. The summed E-state index contributed by atoms with van der Waals surface area (Å²) < 4.78 is 12.0. The Morgan fingerprint density at radius 2 is 1.19 bits per heavy atom. The fraction of sp³-hybridized carbons (Fsp3) is 0.174. The van der Waals surface area contributed by atoms with Crippen molar-refractivity contribution >= 4 is 5.97 Å². The van der Waals surface area contributed by atoms with Crippen molar-refractivity contribution in [3.8, 4) is 0 Å². The molecule has 0 bridgehead atoms. The fourth-order valence-electron chi connectivity index (χ4n) is 3.36. The number of carbonyl (C=O) groups is 1. The molecule has 0 saturated carbocycles. The first-order valence-electron chi connectivity index (χ1n) is 8.57. The maximum Gasteiger partial charge on any atom is 0.303 e. The van der Waals surface area contributed by atoms with Gasteiger partial charge in [-0.3, -0.25) is 4.79 Å². The summed E-state index contributed by atoms with van der Waals surface area (Å²) in [7, 11) is 1.65. The minimum atomic E-state index is -0.963. The zero-order chi connectivity index (χ0) is 18.4. The van der Waals surface area contributed by atoms with Crippen molar-refractivity contribution in [1.82, 2.24) is 0 Å². The molecule has 3 aromatic rings. The van der Waals surface area contributed by atoms with Gasteiger partial charge in [0.15, 0.2) is 11.7 Å². The van der Waals surface area contributed by atoms with Gasteiger partial charge in [-0.2, -0.15) is 0 Å². The van der Waals surface area contributed by atoms with Crippen LogP contribution in [-0.4, -0.2) is 13.1 Å². The molecule has 0 aliphatic heterocycles. The van der Waals surface area contributed by atoms with E-state index in [0.29, 0.717) is 0 Å². The number of carbonyl (C=O) groups excluding carboxylic acids is 1. The van der Waals surface area contributed by atoms with Crippen LogP contribution >= 0.6 is 0 Å². The third kappa shape index (κ3) is 3.39. The second kappa shape index (κ2) is 7.98. The van der Waals surface area contributed by atoms with Crippen molar-refractivity contribution in [2.75, 3.05) is 7.11 Å². The van der Waals surface area contributed by atoms with Crippen LogP contribution in [0.25, 0.3) is 0 Å². The molecule has 0 spiro atoms. The normalized spacial score (nSPS) is 12.4. The highest BCUT2D eigenvalue weighted by Gasteiger charge is 2.45. The molecular weight excluding hydrogens is 324 g/mol. The predicted octanol–water partition coefficient (Wildman–Crippen LogP) is 4.88. The minimum absolute atomic E-state index is 0.354. The molecule has 0 aliphatic rings. The van der Waals surface area contributed by atoms with Crippen LogP contribution in [0.5, 0.6) is 0 Å². The monoisotopic (exact) mass is 346 g/mol. The van der Waals surface area contributed by atoms with Gasteiger partial charge in [0.1, 0.15) is 0 Å². The molecule has 0 radical (unpaired) electrons. The number of rotatable bonds is 6. The SMILES string of the molecule is COC(c1ccccc1)(c1ccccc1)C(OC(C)=O)c1ccccc1. The first-order valence-corrected chi connectivity index (χ1v) is 8.57. The average molecular weight is 346 g/mol. The van der Waals surface area contributed by atoms with E-state index >= 15 is 0 Å². The number of benzene rings is 3. The van der Waals surface area contributed by atoms with E-state index < -0.39 is 11.7 Å². The summed E-state index contributed by atoms with van der Waals surface area (Å²) >= 11 is 0. The highest BCUT2D eigenvalue weighted by atomic mass is 16.6. The van der Waals surface area contributed by atoms with Crippen molar-refractivity contribution in [2.45, 2.75) is 18.6 Å². The Kier molecular flexibility index (Phi) is 5.49. The van der Waals surface area contributed by atoms with Crippen LogP contribution in [0.1, 0.15) is 29.7 Å². The number of esters is 1. The quantitative estimate of drug-likeness (QED) is 0.597. The van der Waals surface area contributed by atoms with Gasteiger partial charge < -0.3 is 9.47 Å². The standard InChI is InChI=1S/C23H22O3/c1-18(24)26-22(19-12-6-3-7-13-19)23(25-2,20-14-8-4-9-15-20)21-16-10-5-11-17-21/h3-17,22H,1-2H3. The molecule has 0 aliphatic carbocycles. The van der Waals surface area contributed by atoms with Crippen molar-refractivity contribution in [3.63, 3.8) is 0 Å². The minimum Gasteiger partial charge on any atom is -0.454 e. The molecule has 0 N–H and O–H groups in total. The van der Waals surface area contributed by atoms with E-state index in [1.54, 1.807) is 7.11 Å². The van der Waals surface area contributed by atoms with Gasteiger partial charge in [-0.15, -0.1) is 0 Å². The highest BCUT2D eigenvalue weighted by molar-refractivity contribution is 5.67. The first-order chi connectivity index (χ1) is 12.7. The topological polar surface area (TPSA) is 35.5 Å². The molecular formula is C23H22O3. The second-order valence-corrected chi connectivity index (χ2v) is 6.07. The molecule has 3 aromatic carbocycles. The lowest BCUT2D eigenvalue weighted by molar-refractivity contribution is -0.164. The summed E-state index contributed by atoms with van der Waals surface area (Å²) in [6, 6.07) is 29.4. The Morgan fingerprint density at radius 1 is 0.769 bits per heavy atom.